The number of ether oxygens (including phenoxy) is 6. The first kappa shape index (κ1) is 88.4. The summed E-state index contributed by atoms with van der Waals surface area (Å²) in [7, 11) is 3.01. The van der Waals surface area contributed by atoms with E-state index in [0.29, 0.717) is 98.2 Å². The van der Waals surface area contributed by atoms with Crippen molar-refractivity contribution in [1.82, 2.24) is 29.2 Å². The van der Waals surface area contributed by atoms with E-state index < -0.39 is 111 Å². The number of sulfonamides is 2. The summed E-state index contributed by atoms with van der Waals surface area (Å²) in [6.07, 6.45) is 17.5. The summed E-state index contributed by atoms with van der Waals surface area (Å²) in [6, 6.07) is 9.69. The number of carbonyl (C=O) groups excluding carboxylic acids is 8. The molecule has 116 heavy (non-hydrogen) atoms. The van der Waals surface area contributed by atoms with Gasteiger partial charge in [-0.1, -0.05) is 64.8 Å². The van der Waals surface area contributed by atoms with Gasteiger partial charge in [0.1, 0.15) is 34.9 Å². The molecule has 4 aliphatic heterocycles. The second-order valence-electron chi connectivity index (χ2n) is 37.3. The van der Waals surface area contributed by atoms with Gasteiger partial charge in [0, 0.05) is 86.8 Å². The van der Waals surface area contributed by atoms with Gasteiger partial charge in [-0.2, -0.15) is 0 Å². The zero-order valence-corrected chi connectivity index (χ0v) is 72.9. The Balaban J connectivity index is 0.000000228. The summed E-state index contributed by atoms with van der Waals surface area (Å²) in [5.41, 5.74) is -2.16. The summed E-state index contributed by atoms with van der Waals surface area (Å²) in [4.78, 5) is 131. The van der Waals surface area contributed by atoms with Crippen molar-refractivity contribution in [3.8, 4) is 23.3 Å². The van der Waals surface area contributed by atoms with Crippen molar-refractivity contribution in [3.05, 3.63) is 73.1 Å². The van der Waals surface area contributed by atoms with E-state index in [0.717, 1.165) is 47.8 Å². The first-order valence-corrected chi connectivity index (χ1v) is 44.6. The number of hydrogen-bond donors (Lipinski definition) is 2. The number of pyridine rings is 2. The van der Waals surface area contributed by atoms with Gasteiger partial charge in [0.25, 0.3) is 0 Å². The van der Waals surface area contributed by atoms with Gasteiger partial charge in [0.15, 0.2) is 11.6 Å². The number of fused-ring (bicyclic) bond motifs is 6. The lowest BCUT2D eigenvalue weighted by Crippen LogP contribution is -2.48. The Morgan fingerprint density at radius 1 is 0.552 bits per heavy atom. The van der Waals surface area contributed by atoms with Crippen LogP contribution in [0.1, 0.15) is 212 Å². The summed E-state index contributed by atoms with van der Waals surface area (Å²) < 4.78 is 91.8. The van der Waals surface area contributed by atoms with Crippen molar-refractivity contribution >= 4 is 100 Å². The van der Waals surface area contributed by atoms with Gasteiger partial charge in [0.05, 0.1) is 96.8 Å². The first-order chi connectivity index (χ1) is 54.4. The minimum atomic E-state index is -3.96. The number of hydrogen-bond acceptors (Lipinski definition) is 22. The van der Waals surface area contributed by atoms with E-state index in [4.69, 9.17) is 28.4 Å². The summed E-state index contributed by atoms with van der Waals surface area (Å²) in [5, 5.41) is 2.96. The van der Waals surface area contributed by atoms with Crippen molar-refractivity contribution in [2.75, 3.05) is 65.3 Å². The number of carbonyl (C=O) groups is 8. The molecule has 8 aliphatic rings. The standard InChI is InChI=1S/2C44H62N4O9S/c2*1-10-28-19-27(2)13-11-12-14-29-23-44(29,41(52)46-58(53,54)43(6)17-18-43)24-36(49)35-21-31(26-48(35)40(51)33(28)22-38(50)57-42(3,4)5)56-39-32-16-15-30(47(7)8)20-34(32)37(55-9)25-45-39/h2*12,14-16,20,25,27-29,31,33,35H,10-11,13,17-19,21-24,26H2,1-9H3,(H,46,52)/b2*14-12-/t27-,28+,29+,31+,33-,35-,44+;27-,28-,29-,31-,33+,35+,44-/m01/s1. The Hall–Kier alpha value is -8.40. The molecule has 14 atom stereocenters. The fourth-order valence-electron chi connectivity index (χ4n) is 17.6. The topological polar surface area (TPSA) is 323 Å². The van der Waals surface area contributed by atoms with Crippen molar-refractivity contribution in [3.63, 3.8) is 0 Å². The van der Waals surface area contributed by atoms with Gasteiger partial charge in [0.2, 0.25) is 55.4 Å². The Labute approximate surface area is 685 Å². The molecule has 2 aromatic heterocycles. The second kappa shape index (κ2) is 34.5. The number of anilines is 2. The Morgan fingerprint density at radius 3 is 1.23 bits per heavy atom. The van der Waals surface area contributed by atoms with Crippen molar-refractivity contribution in [2.45, 2.75) is 256 Å². The molecular weight excluding hydrogens is 1520 g/mol. The van der Waals surface area contributed by atoms with Crippen LogP contribution < -0.4 is 38.2 Å². The summed E-state index contributed by atoms with van der Waals surface area (Å²) >= 11 is 0. The van der Waals surface area contributed by atoms with E-state index in [1.807, 2.05) is 113 Å². The number of aromatic nitrogens is 2. The van der Waals surface area contributed by atoms with E-state index in [9.17, 15) is 45.6 Å². The van der Waals surface area contributed by atoms with E-state index in [1.54, 1.807) is 91.8 Å². The average molecular weight is 1650 g/mol. The highest BCUT2D eigenvalue weighted by molar-refractivity contribution is 7.92. The van der Waals surface area contributed by atoms with Crippen LogP contribution in [0.5, 0.6) is 23.3 Å². The molecule has 4 aliphatic carbocycles. The highest BCUT2D eigenvalue weighted by atomic mass is 32.2. The third kappa shape index (κ3) is 19.8. The largest absolute Gasteiger partial charge is 0.494 e. The molecule has 2 saturated heterocycles. The molecule has 4 aromatic rings. The molecule has 12 rings (SSSR count). The molecule has 2 N–H and O–H groups in total. The number of rotatable bonds is 20. The van der Waals surface area contributed by atoms with E-state index in [-0.39, 0.29) is 111 Å². The van der Waals surface area contributed by atoms with Gasteiger partial charge < -0.3 is 48.0 Å². The Morgan fingerprint density at radius 2 is 0.914 bits per heavy atom. The number of ketones is 2. The molecule has 26 nitrogen and oxygen atoms in total. The SMILES string of the molecule is CC[C@@H]1C[C@@H](C)CC/C=C\[C@@H]2C[C@@]2(C(=O)NS(=O)(=O)C2(C)CC2)CC(=O)[C@@H]2C[C@@H](Oc3ncc(OC)c4cc(N(C)C)ccc34)CN2C(=O)[C@H]1CC(=O)OC(C)(C)C.CC[C@@H]1C[C@H](C)CC/C=C\[C@@H]2C[C@@]2(C(=O)NS(=O)(=O)C2(C)CC2)CC(=O)[C@@H]2C[C@@H](Oc3ncc(OC)c4cc(N(C)C)ccc34)CN2C(=O)[C@H]1CC(=O)OC(C)(C)C. The molecule has 0 bridgehead atoms. The lowest BCUT2D eigenvalue weighted by Gasteiger charge is -2.33. The molecule has 2 aromatic carbocycles. The molecular formula is C88H124N8O18S2. The highest BCUT2D eigenvalue weighted by Gasteiger charge is 2.65. The van der Waals surface area contributed by atoms with E-state index >= 15 is 9.59 Å². The third-order valence-electron chi connectivity index (χ3n) is 25.5. The van der Waals surface area contributed by atoms with Crippen LogP contribution in [0.4, 0.5) is 11.4 Å². The molecule has 6 heterocycles. The summed E-state index contributed by atoms with van der Waals surface area (Å²) in [6.45, 7) is 22.4. The van der Waals surface area contributed by atoms with Crippen LogP contribution in [0.15, 0.2) is 73.1 Å². The van der Waals surface area contributed by atoms with Crippen LogP contribution in [-0.4, -0.2) is 184 Å². The number of allylic oxidation sites excluding steroid dienone is 4. The number of nitrogens with zero attached hydrogens (tertiary/aromatic N) is 6. The van der Waals surface area contributed by atoms with Crippen molar-refractivity contribution in [2.24, 2.45) is 58.2 Å². The van der Waals surface area contributed by atoms with E-state index in [2.05, 4.69) is 33.3 Å². The zero-order valence-electron chi connectivity index (χ0n) is 71.3. The first-order valence-electron chi connectivity index (χ1n) is 41.6. The van der Waals surface area contributed by atoms with Crippen LogP contribution in [0.2, 0.25) is 0 Å². The van der Waals surface area contributed by atoms with Crippen LogP contribution in [-0.2, 0) is 67.9 Å². The maximum absolute atomic E-state index is 15.1. The molecule has 636 valence electrons. The zero-order chi connectivity index (χ0) is 84.7. The number of nitrogens with one attached hydrogen (secondary N) is 2. The maximum atomic E-state index is 15.1. The molecule has 6 fully saturated rings. The minimum Gasteiger partial charge on any atom is -0.494 e. The van der Waals surface area contributed by atoms with Crippen LogP contribution in [0.25, 0.3) is 21.5 Å². The fraction of sp³-hybridized carbons (Fsp3) is 0.659. The monoisotopic (exact) mass is 1640 g/mol. The highest BCUT2D eigenvalue weighted by Crippen LogP contribution is 2.60. The van der Waals surface area contributed by atoms with Gasteiger partial charge >= 0.3 is 11.9 Å². The van der Waals surface area contributed by atoms with Crippen molar-refractivity contribution < 1.29 is 83.6 Å². The van der Waals surface area contributed by atoms with Crippen LogP contribution >= 0.6 is 0 Å². The number of Topliss-reactive ketones (excluding diaryl/α,β-unsaturated/α-hetero) is 2. The van der Waals surface area contributed by atoms with Crippen LogP contribution in [0.3, 0.4) is 0 Å². The Kier molecular flexibility index (Phi) is 26.3. The predicted molar refractivity (Wildman–Crippen MR) is 444 cm³/mol. The molecule has 0 unspecified atom stereocenters. The minimum absolute atomic E-state index is 0.0479. The Bertz CT molecular complexity index is 4400. The quantitative estimate of drug-likeness (QED) is 0.0613. The number of esters is 2. The number of methoxy groups -OCH3 is 2. The molecule has 4 saturated carbocycles. The molecule has 28 heteroatoms. The van der Waals surface area contributed by atoms with Gasteiger partial charge in [-0.3, -0.25) is 47.8 Å². The summed E-state index contributed by atoms with van der Waals surface area (Å²) in [5.74, 6) is -4.04. The fourth-order valence-corrected chi connectivity index (χ4v) is 20.2. The van der Waals surface area contributed by atoms with Gasteiger partial charge in [-0.15, -0.1) is 0 Å². The lowest BCUT2D eigenvalue weighted by atomic mass is 9.79. The predicted octanol–water partition coefficient (Wildman–Crippen LogP) is 12.7. The number of benzene rings is 2. The average Bonchev–Trinajstić information content (AvgIpc) is 1.57. The maximum Gasteiger partial charge on any atom is 0.307 e. The number of amides is 4. The normalized spacial score (nSPS) is 29.3. The van der Waals surface area contributed by atoms with Crippen molar-refractivity contribution in [1.29, 1.82) is 0 Å². The van der Waals surface area contributed by atoms with Gasteiger partial charge in [-0.25, -0.2) is 26.8 Å². The van der Waals surface area contributed by atoms with Gasteiger partial charge in [-0.05, 0) is 204 Å². The second-order valence-corrected chi connectivity index (χ2v) is 41.7. The third-order valence-corrected chi connectivity index (χ3v) is 29.8. The molecule has 0 radical (unpaired) electrons. The molecule has 4 amide bonds. The lowest BCUT2D eigenvalue weighted by molar-refractivity contribution is -0.160. The smallest absolute Gasteiger partial charge is 0.307 e. The van der Waals surface area contributed by atoms with Crippen LogP contribution in [0, 0.1) is 58.2 Å². The molecule has 0 spiro atoms. The van der Waals surface area contributed by atoms with E-state index in [1.165, 1.54) is 0 Å².